The molecule has 0 heterocycles. The smallest absolute Gasteiger partial charge is 0.0155 e. The van der Waals surface area contributed by atoms with Crippen molar-refractivity contribution in [3.63, 3.8) is 0 Å². The van der Waals surface area contributed by atoms with Crippen LogP contribution in [-0.2, 0) is 0 Å². The van der Waals surface area contributed by atoms with Crippen molar-refractivity contribution < 1.29 is 0 Å². The normalized spacial score (nSPS) is 9.00. The van der Waals surface area contributed by atoms with E-state index in [9.17, 15) is 0 Å². The molecule has 0 aliphatic heterocycles. The van der Waals surface area contributed by atoms with Crippen LogP contribution < -0.4 is 0 Å². The molecule has 0 saturated carbocycles. The van der Waals surface area contributed by atoms with Crippen LogP contribution in [0.15, 0.2) is 54.6 Å². The molecule has 0 atom stereocenters. The first-order valence-electron chi connectivity index (χ1n) is 5.49. The summed E-state index contributed by atoms with van der Waals surface area (Å²) in [6, 6.07) is 18.9. The van der Waals surface area contributed by atoms with E-state index < -0.39 is 0 Å². The third-order valence-corrected chi connectivity index (χ3v) is 2.23. The van der Waals surface area contributed by atoms with E-state index in [4.69, 9.17) is 0 Å². The second-order valence-corrected chi connectivity index (χ2v) is 3.18. The van der Waals surface area contributed by atoms with Gasteiger partial charge in [0.25, 0.3) is 0 Å². The van der Waals surface area contributed by atoms with Gasteiger partial charge in [0, 0.05) is 0 Å². The van der Waals surface area contributed by atoms with Gasteiger partial charge in [0.2, 0.25) is 0 Å². The van der Waals surface area contributed by atoms with Crippen LogP contribution in [0.4, 0.5) is 0 Å². The fraction of sp³-hybridized carbons (Fsp3) is 0.200. The van der Waals surface area contributed by atoms with Crippen LogP contribution >= 0.6 is 0 Å². The van der Waals surface area contributed by atoms with Gasteiger partial charge in [-0.2, -0.15) is 0 Å². The minimum atomic E-state index is 1.29. The van der Waals surface area contributed by atoms with Gasteiger partial charge in [-0.25, -0.2) is 0 Å². The van der Waals surface area contributed by atoms with Crippen LogP contribution in [0.5, 0.6) is 0 Å². The molecule has 0 amide bonds. The molecule has 0 heteroatoms. The summed E-state index contributed by atoms with van der Waals surface area (Å²) in [5.74, 6) is 0. The largest absolute Gasteiger partial charge is 0.0683 e. The molecule has 0 spiro atoms. The van der Waals surface area contributed by atoms with Crippen LogP contribution in [0, 0.1) is 6.92 Å². The molecule has 2 aromatic rings. The summed E-state index contributed by atoms with van der Waals surface area (Å²) in [4.78, 5) is 0. The molecular weight excluding hydrogens is 180 g/mol. The molecule has 15 heavy (non-hydrogen) atoms. The Balaban J connectivity index is 0.000000531. The summed E-state index contributed by atoms with van der Waals surface area (Å²) < 4.78 is 0. The molecule has 0 saturated heterocycles. The van der Waals surface area contributed by atoms with Crippen molar-refractivity contribution in [2.24, 2.45) is 0 Å². The fourth-order valence-corrected chi connectivity index (χ4v) is 1.51. The van der Waals surface area contributed by atoms with Crippen molar-refractivity contribution in [1.29, 1.82) is 0 Å². The molecule has 0 fully saturated rings. The second kappa shape index (κ2) is 6.02. The maximum Gasteiger partial charge on any atom is -0.0155 e. The number of aryl methyl sites for hydroxylation is 1. The number of rotatable bonds is 1. The van der Waals surface area contributed by atoms with Crippen molar-refractivity contribution in [1.82, 2.24) is 0 Å². The summed E-state index contributed by atoms with van der Waals surface area (Å²) in [5, 5.41) is 0. The Hall–Kier alpha value is -1.56. The number of hydrogen-bond acceptors (Lipinski definition) is 0. The molecule has 0 aliphatic rings. The first-order chi connectivity index (χ1) is 7.38. The van der Waals surface area contributed by atoms with Crippen molar-refractivity contribution >= 4 is 0 Å². The molecule has 0 unspecified atom stereocenters. The molecule has 0 bridgehead atoms. The standard InChI is InChI=1S/C13H12.C2H6/c1-11-7-5-6-10-13(11)12-8-3-2-4-9-12;1-2/h2-10H,1H3;1-2H3. The van der Waals surface area contributed by atoms with Crippen LogP contribution in [0.2, 0.25) is 0 Å². The van der Waals surface area contributed by atoms with Crippen LogP contribution in [0.25, 0.3) is 11.1 Å². The molecule has 2 rings (SSSR count). The summed E-state index contributed by atoms with van der Waals surface area (Å²) in [7, 11) is 0. The Bertz CT molecular complexity index is 388. The zero-order valence-electron chi connectivity index (χ0n) is 9.70. The maximum absolute atomic E-state index is 2.16. The molecule has 0 radical (unpaired) electrons. The van der Waals surface area contributed by atoms with E-state index >= 15 is 0 Å². The van der Waals surface area contributed by atoms with Crippen LogP contribution in [0.3, 0.4) is 0 Å². The lowest BCUT2D eigenvalue weighted by molar-refractivity contribution is 1.46. The summed E-state index contributed by atoms with van der Waals surface area (Å²) in [6.45, 7) is 6.14. The predicted molar refractivity (Wildman–Crippen MR) is 68.0 cm³/mol. The SMILES string of the molecule is CC.Cc1ccccc1-c1ccccc1. The Morgan fingerprint density at radius 2 is 1.20 bits per heavy atom. The average Bonchev–Trinajstić information content (AvgIpc) is 2.33. The first kappa shape index (κ1) is 11.5. The van der Waals surface area contributed by atoms with Crippen molar-refractivity contribution in [3.8, 4) is 11.1 Å². The Morgan fingerprint density at radius 3 is 1.80 bits per heavy atom. The zero-order valence-corrected chi connectivity index (χ0v) is 9.70. The molecule has 0 N–H and O–H groups in total. The molecule has 78 valence electrons. The highest BCUT2D eigenvalue weighted by Gasteiger charge is 1.97. The maximum atomic E-state index is 2.16. The van der Waals surface area contributed by atoms with E-state index in [0.717, 1.165) is 0 Å². The highest BCUT2D eigenvalue weighted by atomic mass is 14.0. The number of benzene rings is 2. The monoisotopic (exact) mass is 198 g/mol. The minimum absolute atomic E-state index is 1.29. The Morgan fingerprint density at radius 1 is 0.667 bits per heavy atom. The van der Waals surface area contributed by atoms with Gasteiger partial charge in [0.05, 0.1) is 0 Å². The van der Waals surface area contributed by atoms with Crippen LogP contribution in [-0.4, -0.2) is 0 Å². The van der Waals surface area contributed by atoms with Gasteiger partial charge in [-0.1, -0.05) is 68.4 Å². The fourth-order valence-electron chi connectivity index (χ4n) is 1.51. The third kappa shape index (κ3) is 2.95. The molecule has 0 aliphatic carbocycles. The zero-order chi connectivity index (χ0) is 11.1. The molecule has 0 aromatic heterocycles. The van der Waals surface area contributed by atoms with E-state index in [1.807, 2.05) is 19.9 Å². The van der Waals surface area contributed by atoms with E-state index in [2.05, 4.69) is 55.5 Å². The highest BCUT2D eigenvalue weighted by molar-refractivity contribution is 5.66. The van der Waals surface area contributed by atoms with Gasteiger partial charge in [-0.3, -0.25) is 0 Å². The number of hydrogen-bond donors (Lipinski definition) is 0. The highest BCUT2D eigenvalue weighted by Crippen LogP contribution is 2.21. The lowest BCUT2D eigenvalue weighted by Gasteiger charge is -2.04. The Kier molecular flexibility index (Phi) is 4.62. The van der Waals surface area contributed by atoms with Gasteiger partial charge in [-0.15, -0.1) is 0 Å². The summed E-state index contributed by atoms with van der Waals surface area (Å²) >= 11 is 0. The van der Waals surface area contributed by atoms with E-state index in [1.165, 1.54) is 16.7 Å². The quantitative estimate of drug-likeness (QED) is 0.623. The first-order valence-corrected chi connectivity index (χ1v) is 5.49. The van der Waals surface area contributed by atoms with Crippen LogP contribution in [0.1, 0.15) is 19.4 Å². The Labute approximate surface area is 92.6 Å². The topological polar surface area (TPSA) is 0 Å². The van der Waals surface area contributed by atoms with Gasteiger partial charge in [0.1, 0.15) is 0 Å². The van der Waals surface area contributed by atoms with Gasteiger partial charge < -0.3 is 0 Å². The van der Waals surface area contributed by atoms with E-state index in [-0.39, 0.29) is 0 Å². The van der Waals surface area contributed by atoms with Gasteiger partial charge in [-0.05, 0) is 23.6 Å². The van der Waals surface area contributed by atoms with Crippen molar-refractivity contribution in [3.05, 3.63) is 60.2 Å². The molecular formula is C15H18. The third-order valence-electron chi connectivity index (χ3n) is 2.23. The van der Waals surface area contributed by atoms with E-state index in [0.29, 0.717) is 0 Å². The van der Waals surface area contributed by atoms with Crippen molar-refractivity contribution in [2.45, 2.75) is 20.8 Å². The molecule has 0 nitrogen and oxygen atoms in total. The van der Waals surface area contributed by atoms with Gasteiger partial charge in [0.15, 0.2) is 0 Å². The second-order valence-electron chi connectivity index (χ2n) is 3.18. The van der Waals surface area contributed by atoms with Gasteiger partial charge >= 0.3 is 0 Å². The van der Waals surface area contributed by atoms with E-state index in [1.54, 1.807) is 0 Å². The van der Waals surface area contributed by atoms with Crippen molar-refractivity contribution in [2.75, 3.05) is 0 Å². The summed E-state index contributed by atoms with van der Waals surface area (Å²) in [5.41, 5.74) is 3.94. The lowest BCUT2D eigenvalue weighted by Crippen LogP contribution is -1.80. The summed E-state index contributed by atoms with van der Waals surface area (Å²) in [6.07, 6.45) is 0. The predicted octanol–water partition coefficient (Wildman–Crippen LogP) is 4.69. The minimum Gasteiger partial charge on any atom is -0.0683 e. The lowest BCUT2D eigenvalue weighted by atomic mass is 10.0. The average molecular weight is 198 g/mol. The molecule has 2 aromatic carbocycles.